The van der Waals surface area contributed by atoms with Gasteiger partial charge in [-0.05, 0) is 6.92 Å². The van der Waals surface area contributed by atoms with Crippen molar-refractivity contribution in [1.29, 1.82) is 0 Å². The number of aromatic nitrogens is 2. The van der Waals surface area contributed by atoms with Crippen molar-refractivity contribution in [3.8, 4) is 0 Å². The summed E-state index contributed by atoms with van der Waals surface area (Å²) in [4.78, 5) is 23.6. The van der Waals surface area contributed by atoms with Crippen LogP contribution in [-0.2, 0) is 25.6 Å². The largest absolute Gasteiger partial charge is 0.592 e. The molecule has 7 nitrogen and oxygen atoms in total. The molecule has 2 heterocycles. The Balaban J connectivity index is 1.85. The highest BCUT2D eigenvalue weighted by atomic mass is 127. The topological polar surface area (TPSA) is 90.4 Å². The van der Waals surface area contributed by atoms with Crippen molar-refractivity contribution in [2.24, 2.45) is 5.41 Å². The van der Waals surface area contributed by atoms with Crippen molar-refractivity contribution in [2.45, 2.75) is 51.3 Å². The molecule has 2 aliphatic rings. The Morgan fingerprint density at radius 2 is 2.15 bits per heavy atom. The van der Waals surface area contributed by atoms with E-state index in [4.69, 9.17) is 4.74 Å². The predicted octanol–water partition coefficient (Wildman–Crippen LogP) is 2.12. The van der Waals surface area contributed by atoms with Crippen LogP contribution in [0, 0.1) is 9.25 Å². The van der Waals surface area contributed by atoms with Gasteiger partial charge in [0.1, 0.15) is 11.5 Å². The van der Waals surface area contributed by atoms with E-state index < -0.39 is 21.5 Å². The van der Waals surface area contributed by atoms with Gasteiger partial charge in [-0.1, -0.05) is 20.8 Å². The molecule has 1 aliphatic heterocycles. The Morgan fingerprint density at radius 1 is 1.46 bits per heavy atom. The lowest BCUT2D eigenvalue weighted by atomic mass is 9.96. The molecule has 26 heavy (non-hydrogen) atoms. The lowest BCUT2D eigenvalue weighted by molar-refractivity contribution is -0.126. The molecule has 0 aromatic carbocycles. The summed E-state index contributed by atoms with van der Waals surface area (Å²) >= 11 is 0.584. The second-order valence-corrected chi connectivity index (χ2v) is 10.4. The van der Waals surface area contributed by atoms with Gasteiger partial charge >= 0.3 is 0 Å². The molecule has 9 heteroatoms. The maximum absolute atomic E-state index is 12.9. The molecule has 2 unspecified atom stereocenters. The summed E-state index contributed by atoms with van der Waals surface area (Å²) < 4.78 is 21.1. The number of nitrogens with one attached hydrogen (secondary N) is 1. The van der Waals surface area contributed by atoms with Crippen LogP contribution in [0.4, 0.5) is 5.82 Å². The standard InChI is InChI=1S/C17H25IN4O3S/c1-11-10-25-8-7-22(11)13-9-12(19-15(18)20-13)17(5-6-17)26(24)21-14(23)16(2,3)4/h9,11H,5-8,10H2,1-4H3,(H,21,23). The summed E-state index contributed by atoms with van der Waals surface area (Å²) in [6.07, 6.45) is 1.49. The van der Waals surface area contributed by atoms with Gasteiger partial charge in [-0.3, -0.25) is 4.79 Å². The number of hydrogen-bond donors (Lipinski definition) is 1. The quantitative estimate of drug-likeness (QED) is 0.394. The van der Waals surface area contributed by atoms with Crippen LogP contribution in [0.15, 0.2) is 6.07 Å². The van der Waals surface area contributed by atoms with Crippen LogP contribution in [0.3, 0.4) is 0 Å². The van der Waals surface area contributed by atoms with Gasteiger partial charge in [0.25, 0.3) is 5.91 Å². The van der Waals surface area contributed by atoms with Gasteiger partial charge in [0.2, 0.25) is 0 Å². The average molecular weight is 492 g/mol. The molecule has 144 valence electrons. The Bertz CT molecular complexity index is 693. The van der Waals surface area contributed by atoms with E-state index in [0.29, 0.717) is 17.0 Å². The lowest BCUT2D eigenvalue weighted by Crippen LogP contribution is -2.45. The van der Waals surface area contributed by atoms with Gasteiger partial charge in [-0.15, -0.1) is 0 Å². The predicted molar refractivity (Wildman–Crippen MR) is 109 cm³/mol. The minimum atomic E-state index is -1.51. The van der Waals surface area contributed by atoms with Crippen LogP contribution >= 0.6 is 22.6 Å². The van der Waals surface area contributed by atoms with Crippen molar-refractivity contribution >= 4 is 45.7 Å². The molecule has 2 fully saturated rings. The molecule has 0 spiro atoms. The van der Waals surface area contributed by atoms with Gasteiger partial charge in [0.15, 0.2) is 8.58 Å². The Labute approximate surface area is 171 Å². The molecule has 1 N–H and O–H groups in total. The minimum absolute atomic E-state index is 0.215. The van der Waals surface area contributed by atoms with Crippen molar-refractivity contribution in [2.75, 3.05) is 24.7 Å². The number of anilines is 1. The highest BCUT2D eigenvalue weighted by Crippen LogP contribution is 2.52. The Kier molecular flexibility index (Phi) is 5.72. The summed E-state index contributed by atoms with van der Waals surface area (Å²) in [5.74, 6) is 0.619. The molecule has 1 amide bonds. The van der Waals surface area contributed by atoms with E-state index in [1.54, 1.807) is 0 Å². The molecular weight excluding hydrogens is 467 g/mol. The van der Waals surface area contributed by atoms with Crippen LogP contribution in [0.5, 0.6) is 0 Å². The molecule has 2 atom stereocenters. The van der Waals surface area contributed by atoms with Crippen LogP contribution in [0.25, 0.3) is 0 Å². The van der Waals surface area contributed by atoms with Crippen LogP contribution < -0.4 is 9.62 Å². The summed E-state index contributed by atoms with van der Waals surface area (Å²) in [7, 11) is 0. The minimum Gasteiger partial charge on any atom is -0.592 e. The summed E-state index contributed by atoms with van der Waals surface area (Å²) in [5.41, 5.74) is 0.165. The number of hydrogen-bond acceptors (Lipinski definition) is 6. The van der Waals surface area contributed by atoms with E-state index in [1.807, 2.05) is 26.8 Å². The van der Waals surface area contributed by atoms with E-state index in [2.05, 4.69) is 49.1 Å². The monoisotopic (exact) mass is 492 g/mol. The Hall–Kier alpha value is -0.650. The number of carbonyl (C=O) groups is 1. The highest BCUT2D eigenvalue weighted by molar-refractivity contribution is 14.1. The van der Waals surface area contributed by atoms with E-state index >= 15 is 0 Å². The molecule has 1 aromatic heterocycles. The number of ether oxygens (including phenoxy) is 1. The Morgan fingerprint density at radius 3 is 2.73 bits per heavy atom. The first kappa shape index (κ1) is 20.1. The van der Waals surface area contributed by atoms with Crippen molar-refractivity contribution in [1.82, 2.24) is 14.7 Å². The second kappa shape index (κ2) is 7.40. The normalized spacial score (nSPS) is 23.5. The molecule has 0 bridgehead atoms. The molecule has 1 aliphatic carbocycles. The molecule has 3 rings (SSSR count). The molecule has 0 radical (unpaired) electrons. The van der Waals surface area contributed by atoms with E-state index in [1.165, 1.54) is 0 Å². The van der Waals surface area contributed by atoms with E-state index in [0.717, 1.165) is 30.9 Å². The van der Waals surface area contributed by atoms with Gasteiger partial charge in [0, 0.05) is 53.5 Å². The number of halogens is 1. The third-order valence-corrected chi connectivity index (χ3v) is 6.92. The fourth-order valence-electron chi connectivity index (χ4n) is 2.84. The fourth-order valence-corrected chi connectivity index (χ4v) is 4.78. The SMILES string of the molecule is CC1COCCN1c1cc(C2([S+]([O-])NC(=O)C(C)(C)C)CC2)nc(I)n1. The lowest BCUT2D eigenvalue weighted by Gasteiger charge is -2.34. The number of rotatable bonds is 4. The second-order valence-electron chi connectivity index (χ2n) is 7.94. The third-order valence-electron chi connectivity index (χ3n) is 4.74. The van der Waals surface area contributed by atoms with Crippen LogP contribution in [0.2, 0.25) is 0 Å². The fraction of sp³-hybridized carbons (Fsp3) is 0.706. The number of carbonyl (C=O) groups excluding carboxylic acids is 1. The molecule has 1 saturated heterocycles. The van der Waals surface area contributed by atoms with E-state index in [9.17, 15) is 9.35 Å². The van der Waals surface area contributed by atoms with Gasteiger partial charge in [-0.25, -0.2) is 9.97 Å². The van der Waals surface area contributed by atoms with Crippen LogP contribution in [0.1, 0.15) is 46.2 Å². The van der Waals surface area contributed by atoms with Gasteiger partial charge in [0.05, 0.1) is 30.6 Å². The summed E-state index contributed by atoms with van der Waals surface area (Å²) in [6, 6.07) is 2.15. The molecular formula is C17H25IN4O3S. The maximum atomic E-state index is 12.9. The summed E-state index contributed by atoms with van der Waals surface area (Å²) in [6.45, 7) is 9.63. The molecule has 1 saturated carbocycles. The smallest absolute Gasteiger partial charge is 0.266 e. The van der Waals surface area contributed by atoms with Crippen LogP contribution in [-0.4, -0.2) is 46.2 Å². The number of nitrogens with zero attached hydrogens (tertiary/aromatic N) is 3. The summed E-state index contributed by atoms with van der Waals surface area (Å²) in [5, 5.41) is 0. The zero-order chi connectivity index (χ0) is 19.1. The first-order valence-corrected chi connectivity index (χ1v) is 11.0. The van der Waals surface area contributed by atoms with Crippen molar-refractivity contribution < 1.29 is 14.1 Å². The highest BCUT2D eigenvalue weighted by Gasteiger charge is 2.59. The van der Waals surface area contributed by atoms with Crippen molar-refractivity contribution in [3.63, 3.8) is 0 Å². The van der Waals surface area contributed by atoms with Gasteiger partial charge in [-0.2, -0.15) is 4.72 Å². The third kappa shape index (κ3) is 4.10. The maximum Gasteiger partial charge on any atom is 0.266 e. The molecule has 1 aromatic rings. The average Bonchev–Trinajstić information content (AvgIpc) is 3.35. The zero-order valence-corrected chi connectivity index (χ0v) is 18.5. The number of amides is 1. The van der Waals surface area contributed by atoms with Crippen molar-refractivity contribution in [3.05, 3.63) is 15.6 Å². The first-order valence-electron chi connectivity index (χ1n) is 8.76. The van der Waals surface area contributed by atoms with Gasteiger partial charge < -0.3 is 14.2 Å². The first-order chi connectivity index (χ1) is 12.1. The number of morpholine rings is 1. The zero-order valence-electron chi connectivity index (χ0n) is 15.5. The van der Waals surface area contributed by atoms with E-state index in [-0.39, 0.29) is 11.9 Å².